The summed E-state index contributed by atoms with van der Waals surface area (Å²) >= 11 is 0. The minimum absolute atomic E-state index is 0.613. The summed E-state index contributed by atoms with van der Waals surface area (Å²) < 4.78 is 0. The fourth-order valence-corrected chi connectivity index (χ4v) is 2.79. The molecule has 4 nitrogen and oxygen atoms in total. The minimum atomic E-state index is 0.613. The van der Waals surface area contributed by atoms with E-state index in [2.05, 4.69) is 22.1 Å². The first kappa shape index (κ1) is 13.7. The van der Waals surface area contributed by atoms with Crippen molar-refractivity contribution in [2.24, 2.45) is 16.6 Å². The lowest BCUT2D eigenvalue weighted by atomic mass is 10.2. The zero-order valence-corrected chi connectivity index (χ0v) is 11.7. The average Bonchev–Trinajstić information content (AvgIpc) is 3.09. The molecule has 2 aliphatic rings. The summed E-state index contributed by atoms with van der Waals surface area (Å²) in [5.74, 6) is 1.65. The Morgan fingerprint density at radius 2 is 2.22 bits per heavy atom. The Morgan fingerprint density at radius 1 is 1.39 bits per heavy atom. The van der Waals surface area contributed by atoms with E-state index < -0.39 is 0 Å². The number of guanidine groups is 1. The molecule has 1 aliphatic carbocycles. The smallest absolute Gasteiger partial charge is 0.188 e. The number of nitrogens with zero attached hydrogens (tertiary/aromatic N) is 2. The summed E-state index contributed by atoms with van der Waals surface area (Å²) in [4.78, 5) is 6.98. The van der Waals surface area contributed by atoms with Crippen molar-refractivity contribution in [2.75, 3.05) is 26.2 Å². The quantitative estimate of drug-likeness (QED) is 0.411. The number of aliphatic imine (C=N–C) groups is 1. The van der Waals surface area contributed by atoms with Gasteiger partial charge < -0.3 is 11.1 Å². The van der Waals surface area contributed by atoms with Crippen LogP contribution in [-0.2, 0) is 0 Å². The molecule has 18 heavy (non-hydrogen) atoms. The molecule has 0 aromatic heterocycles. The lowest BCUT2D eigenvalue weighted by Crippen LogP contribution is -2.36. The molecule has 3 N–H and O–H groups in total. The summed E-state index contributed by atoms with van der Waals surface area (Å²) in [5.41, 5.74) is 5.89. The Morgan fingerprint density at radius 3 is 2.94 bits per heavy atom. The highest BCUT2D eigenvalue weighted by atomic mass is 15.2. The fraction of sp³-hybridized carbons (Fsp3) is 0.929. The van der Waals surface area contributed by atoms with Gasteiger partial charge >= 0.3 is 0 Å². The van der Waals surface area contributed by atoms with E-state index in [9.17, 15) is 0 Å². The molecule has 1 atom stereocenters. The second kappa shape index (κ2) is 6.98. The molecular formula is C14H28N4. The highest BCUT2D eigenvalue weighted by Crippen LogP contribution is 2.33. The van der Waals surface area contributed by atoms with Crippen LogP contribution in [0.2, 0.25) is 0 Å². The number of rotatable bonds is 7. The summed E-state index contributed by atoms with van der Waals surface area (Å²) in [7, 11) is 0. The van der Waals surface area contributed by atoms with Crippen LogP contribution < -0.4 is 11.1 Å². The number of nitrogens with one attached hydrogen (secondary N) is 1. The molecule has 4 heteroatoms. The van der Waals surface area contributed by atoms with Gasteiger partial charge in [-0.25, -0.2) is 0 Å². The molecule has 0 amide bonds. The summed E-state index contributed by atoms with van der Waals surface area (Å²) in [6.07, 6.45) is 8.04. The largest absolute Gasteiger partial charge is 0.370 e. The third kappa shape index (κ3) is 4.48. The number of hydrogen-bond acceptors (Lipinski definition) is 2. The first-order valence-corrected chi connectivity index (χ1v) is 7.57. The van der Waals surface area contributed by atoms with Gasteiger partial charge in [0.1, 0.15) is 0 Å². The molecule has 0 bridgehead atoms. The summed E-state index contributed by atoms with van der Waals surface area (Å²) in [6, 6.07) is 0.613. The maximum atomic E-state index is 5.89. The summed E-state index contributed by atoms with van der Waals surface area (Å²) in [6.45, 7) is 6.42. The van der Waals surface area contributed by atoms with Crippen LogP contribution in [0.25, 0.3) is 0 Å². The van der Waals surface area contributed by atoms with Gasteiger partial charge in [-0.3, -0.25) is 9.89 Å². The minimum Gasteiger partial charge on any atom is -0.370 e. The van der Waals surface area contributed by atoms with Crippen LogP contribution >= 0.6 is 0 Å². The highest BCUT2D eigenvalue weighted by Gasteiger charge is 2.22. The van der Waals surface area contributed by atoms with E-state index in [-0.39, 0.29) is 0 Å². The van der Waals surface area contributed by atoms with Crippen LogP contribution in [0.4, 0.5) is 0 Å². The first-order chi connectivity index (χ1) is 8.79. The van der Waals surface area contributed by atoms with Gasteiger partial charge in [0.15, 0.2) is 5.96 Å². The van der Waals surface area contributed by atoms with Crippen molar-refractivity contribution in [1.29, 1.82) is 0 Å². The van der Waals surface area contributed by atoms with Crippen LogP contribution in [0.1, 0.15) is 45.4 Å². The standard InChI is InChI=1S/C14H28N4/c1-2-18-10-4-6-13(18)11-17-14(15)16-9-3-5-12-7-8-12/h12-13H,2-11H2,1H3,(H3,15,16,17). The maximum Gasteiger partial charge on any atom is 0.188 e. The van der Waals surface area contributed by atoms with E-state index in [0.29, 0.717) is 12.0 Å². The maximum absolute atomic E-state index is 5.89. The number of nitrogens with two attached hydrogens (primary N) is 1. The molecule has 0 spiro atoms. The van der Waals surface area contributed by atoms with Gasteiger partial charge in [0.25, 0.3) is 0 Å². The molecule has 2 rings (SSSR count). The normalized spacial score (nSPS) is 25.6. The third-order valence-electron chi connectivity index (χ3n) is 4.17. The monoisotopic (exact) mass is 252 g/mol. The molecular weight excluding hydrogens is 224 g/mol. The molecule has 1 unspecified atom stereocenters. The van der Waals surface area contributed by atoms with Gasteiger partial charge in [-0.2, -0.15) is 0 Å². The van der Waals surface area contributed by atoms with E-state index in [0.717, 1.165) is 25.6 Å². The van der Waals surface area contributed by atoms with Crippen LogP contribution in [0.5, 0.6) is 0 Å². The molecule has 1 heterocycles. The molecule has 1 saturated carbocycles. The zero-order valence-electron chi connectivity index (χ0n) is 11.7. The van der Waals surface area contributed by atoms with Gasteiger partial charge in [0.2, 0.25) is 0 Å². The first-order valence-electron chi connectivity index (χ1n) is 7.57. The Bertz CT molecular complexity index is 273. The summed E-state index contributed by atoms with van der Waals surface area (Å²) in [5, 5.41) is 3.23. The second-order valence-electron chi connectivity index (χ2n) is 5.66. The topological polar surface area (TPSA) is 53.6 Å². The van der Waals surface area contributed by atoms with Crippen molar-refractivity contribution in [3.8, 4) is 0 Å². The van der Waals surface area contributed by atoms with E-state index in [1.165, 1.54) is 45.1 Å². The van der Waals surface area contributed by atoms with Crippen molar-refractivity contribution < 1.29 is 0 Å². The van der Waals surface area contributed by atoms with Crippen molar-refractivity contribution in [3.63, 3.8) is 0 Å². The van der Waals surface area contributed by atoms with E-state index in [1.54, 1.807) is 0 Å². The average molecular weight is 252 g/mol. The molecule has 1 aliphatic heterocycles. The van der Waals surface area contributed by atoms with Crippen LogP contribution in [-0.4, -0.2) is 43.1 Å². The SMILES string of the molecule is CCN1CCCC1CN=C(N)NCCCC1CC1. The van der Waals surface area contributed by atoms with Crippen LogP contribution in [0.3, 0.4) is 0 Å². The molecule has 0 aromatic rings. The number of likely N-dealkylation sites (N-methyl/N-ethyl adjacent to an activating group) is 1. The van der Waals surface area contributed by atoms with E-state index in [1.807, 2.05) is 0 Å². The molecule has 0 aromatic carbocycles. The van der Waals surface area contributed by atoms with Crippen LogP contribution in [0, 0.1) is 5.92 Å². The Hall–Kier alpha value is -0.770. The Balaban J connectivity index is 1.58. The molecule has 2 fully saturated rings. The number of likely N-dealkylation sites (tertiary alicyclic amines) is 1. The van der Waals surface area contributed by atoms with Gasteiger partial charge in [-0.1, -0.05) is 19.8 Å². The predicted octanol–water partition coefficient (Wildman–Crippen LogP) is 1.57. The second-order valence-corrected chi connectivity index (χ2v) is 5.66. The van der Waals surface area contributed by atoms with Crippen molar-refractivity contribution in [3.05, 3.63) is 0 Å². The van der Waals surface area contributed by atoms with Gasteiger partial charge in [-0.05, 0) is 44.7 Å². The zero-order chi connectivity index (χ0) is 12.8. The Kier molecular flexibility index (Phi) is 5.29. The van der Waals surface area contributed by atoms with Crippen molar-refractivity contribution in [1.82, 2.24) is 10.2 Å². The molecule has 104 valence electrons. The predicted molar refractivity (Wildman–Crippen MR) is 76.7 cm³/mol. The van der Waals surface area contributed by atoms with Gasteiger partial charge in [-0.15, -0.1) is 0 Å². The molecule has 0 radical (unpaired) electrons. The van der Waals surface area contributed by atoms with Crippen molar-refractivity contribution in [2.45, 2.75) is 51.5 Å². The molecule has 1 saturated heterocycles. The fourth-order valence-electron chi connectivity index (χ4n) is 2.79. The van der Waals surface area contributed by atoms with Gasteiger partial charge in [0, 0.05) is 12.6 Å². The van der Waals surface area contributed by atoms with Gasteiger partial charge in [0.05, 0.1) is 6.54 Å². The lowest BCUT2D eigenvalue weighted by Gasteiger charge is -2.20. The van der Waals surface area contributed by atoms with Crippen molar-refractivity contribution >= 4 is 5.96 Å². The van der Waals surface area contributed by atoms with E-state index in [4.69, 9.17) is 5.73 Å². The van der Waals surface area contributed by atoms with Crippen LogP contribution in [0.15, 0.2) is 4.99 Å². The lowest BCUT2D eigenvalue weighted by molar-refractivity contribution is 0.273. The highest BCUT2D eigenvalue weighted by molar-refractivity contribution is 5.77. The van der Waals surface area contributed by atoms with E-state index >= 15 is 0 Å². The Labute approximate surface area is 111 Å². The third-order valence-corrected chi connectivity index (χ3v) is 4.17. The number of hydrogen-bond donors (Lipinski definition) is 2.